The molecular formula is C13H27N3. The Balaban J connectivity index is 4.28. The highest BCUT2D eigenvalue weighted by Gasteiger charge is 2.28. The van der Waals surface area contributed by atoms with Crippen molar-refractivity contribution < 1.29 is 0 Å². The quantitative estimate of drug-likeness (QED) is 0.688. The second-order valence-electron chi connectivity index (χ2n) is 5.00. The van der Waals surface area contributed by atoms with Gasteiger partial charge in [-0.1, -0.05) is 27.2 Å². The molecule has 0 aromatic carbocycles. The maximum absolute atomic E-state index is 9.36. The summed E-state index contributed by atoms with van der Waals surface area (Å²) in [4.78, 5) is 2.13. The van der Waals surface area contributed by atoms with E-state index in [1.54, 1.807) is 0 Å². The molecule has 2 unspecified atom stereocenters. The molecule has 16 heavy (non-hydrogen) atoms. The van der Waals surface area contributed by atoms with E-state index in [0.29, 0.717) is 5.92 Å². The van der Waals surface area contributed by atoms with Gasteiger partial charge in [-0.3, -0.25) is 5.32 Å². The maximum Gasteiger partial charge on any atom is 0.106 e. The zero-order chi connectivity index (χ0) is 12.6. The summed E-state index contributed by atoms with van der Waals surface area (Å²) in [5, 5.41) is 12.8. The maximum atomic E-state index is 9.36. The lowest BCUT2D eigenvalue weighted by Crippen LogP contribution is -2.47. The van der Waals surface area contributed by atoms with Gasteiger partial charge in [0.25, 0.3) is 0 Å². The molecule has 0 bridgehead atoms. The molecule has 0 aromatic heterocycles. The summed E-state index contributed by atoms with van der Waals surface area (Å²) < 4.78 is 0. The van der Waals surface area contributed by atoms with Crippen molar-refractivity contribution in [2.45, 2.75) is 45.6 Å². The smallest absolute Gasteiger partial charge is 0.106 e. The Morgan fingerprint density at radius 3 is 2.38 bits per heavy atom. The summed E-state index contributed by atoms with van der Waals surface area (Å²) in [5.74, 6) is 0.603. The van der Waals surface area contributed by atoms with Crippen molar-refractivity contribution in [3.8, 4) is 6.07 Å². The van der Waals surface area contributed by atoms with Crippen LogP contribution in [0.4, 0.5) is 0 Å². The van der Waals surface area contributed by atoms with Crippen molar-refractivity contribution >= 4 is 0 Å². The summed E-state index contributed by atoms with van der Waals surface area (Å²) in [6.07, 6.45) is 2.96. The van der Waals surface area contributed by atoms with E-state index in [1.807, 2.05) is 0 Å². The van der Waals surface area contributed by atoms with E-state index in [-0.39, 0.29) is 5.54 Å². The lowest BCUT2D eigenvalue weighted by atomic mass is 9.86. The van der Waals surface area contributed by atoms with Crippen molar-refractivity contribution in [3.63, 3.8) is 0 Å². The Hall–Kier alpha value is -0.590. The second kappa shape index (κ2) is 7.65. The van der Waals surface area contributed by atoms with Gasteiger partial charge in [-0.05, 0) is 32.9 Å². The van der Waals surface area contributed by atoms with Crippen LogP contribution in [0.5, 0.6) is 0 Å². The summed E-state index contributed by atoms with van der Waals surface area (Å²) in [6.45, 7) is 8.35. The second-order valence-corrected chi connectivity index (χ2v) is 5.00. The van der Waals surface area contributed by atoms with Crippen molar-refractivity contribution in [3.05, 3.63) is 0 Å². The highest BCUT2D eigenvalue weighted by Crippen LogP contribution is 2.21. The van der Waals surface area contributed by atoms with Crippen LogP contribution in [0.2, 0.25) is 0 Å². The van der Waals surface area contributed by atoms with Crippen LogP contribution in [-0.4, -0.2) is 37.6 Å². The van der Waals surface area contributed by atoms with E-state index in [9.17, 15) is 5.26 Å². The van der Waals surface area contributed by atoms with Crippen LogP contribution in [0.3, 0.4) is 0 Å². The first-order valence-electron chi connectivity index (χ1n) is 6.30. The van der Waals surface area contributed by atoms with E-state index in [2.05, 4.69) is 51.2 Å². The molecule has 0 saturated carbocycles. The molecule has 3 nitrogen and oxygen atoms in total. The fraction of sp³-hybridized carbons (Fsp3) is 0.923. The lowest BCUT2D eigenvalue weighted by Gasteiger charge is -2.30. The minimum atomic E-state index is -0.328. The number of hydrogen-bond donors (Lipinski definition) is 1. The van der Waals surface area contributed by atoms with Crippen LogP contribution in [0.25, 0.3) is 0 Å². The fourth-order valence-electron chi connectivity index (χ4n) is 1.76. The topological polar surface area (TPSA) is 39.1 Å². The molecule has 0 fully saturated rings. The third-order valence-corrected chi connectivity index (χ3v) is 3.23. The van der Waals surface area contributed by atoms with Crippen LogP contribution in [0, 0.1) is 17.2 Å². The van der Waals surface area contributed by atoms with Gasteiger partial charge in [-0.2, -0.15) is 5.26 Å². The molecule has 3 heteroatoms. The molecule has 0 amide bonds. The predicted molar refractivity (Wildman–Crippen MR) is 69.3 cm³/mol. The van der Waals surface area contributed by atoms with Crippen LogP contribution in [0.1, 0.15) is 40.0 Å². The summed E-state index contributed by atoms with van der Waals surface area (Å²) in [6, 6.07) is 2.47. The Labute approximate surface area is 101 Å². The Morgan fingerprint density at radius 2 is 2.00 bits per heavy atom. The van der Waals surface area contributed by atoms with Gasteiger partial charge in [0.1, 0.15) is 5.54 Å². The first-order chi connectivity index (χ1) is 7.49. The molecule has 0 aliphatic rings. The van der Waals surface area contributed by atoms with Gasteiger partial charge in [0, 0.05) is 13.1 Å². The highest BCUT2D eigenvalue weighted by atomic mass is 15.1. The van der Waals surface area contributed by atoms with E-state index in [4.69, 9.17) is 0 Å². The molecule has 0 radical (unpaired) electrons. The third kappa shape index (κ3) is 5.48. The Morgan fingerprint density at radius 1 is 1.38 bits per heavy atom. The van der Waals surface area contributed by atoms with E-state index in [0.717, 1.165) is 32.4 Å². The number of likely N-dealkylation sites (N-methyl/N-ethyl adjacent to an activating group) is 1. The molecule has 94 valence electrons. The average molecular weight is 225 g/mol. The molecule has 0 aromatic rings. The minimum absolute atomic E-state index is 0.328. The number of nitriles is 1. The van der Waals surface area contributed by atoms with Gasteiger partial charge in [-0.15, -0.1) is 0 Å². The molecule has 2 atom stereocenters. The van der Waals surface area contributed by atoms with Crippen molar-refractivity contribution in [2.75, 3.05) is 27.2 Å². The van der Waals surface area contributed by atoms with Crippen LogP contribution < -0.4 is 5.32 Å². The first-order valence-corrected chi connectivity index (χ1v) is 6.30. The zero-order valence-electron chi connectivity index (χ0n) is 11.5. The fourth-order valence-corrected chi connectivity index (χ4v) is 1.76. The van der Waals surface area contributed by atoms with E-state index >= 15 is 0 Å². The van der Waals surface area contributed by atoms with Crippen molar-refractivity contribution in [2.24, 2.45) is 5.92 Å². The number of hydrogen-bond acceptors (Lipinski definition) is 3. The SMILES string of the molecule is CCC(C)CC(C#N)(CC)NCCN(C)C. The standard InChI is InChI=1S/C13H27N3/c1-6-12(3)10-13(7-2,11-14)15-8-9-16(4)5/h12,15H,6-10H2,1-5H3. The number of rotatable bonds is 8. The van der Waals surface area contributed by atoms with Gasteiger partial charge in [0.2, 0.25) is 0 Å². The van der Waals surface area contributed by atoms with Crippen LogP contribution in [0.15, 0.2) is 0 Å². The van der Waals surface area contributed by atoms with Crippen LogP contribution in [-0.2, 0) is 0 Å². The Bertz CT molecular complexity index is 220. The predicted octanol–water partition coefficient (Wildman–Crippen LogP) is 2.25. The molecule has 0 aliphatic carbocycles. The average Bonchev–Trinajstić information content (AvgIpc) is 2.27. The highest BCUT2D eigenvalue weighted by molar-refractivity contribution is 5.06. The van der Waals surface area contributed by atoms with E-state index in [1.165, 1.54) is 0 Å². The number of nitrogens with one attached hydrogen (secondary N) is 1. The molecule has 0 saturated heterocycles. The molecule has 1 N–H and O–H groups in total. The summed E-state index contributed by atoms with van der Waals surface area (Å²) in [7, 11) is 4.10. The largest absolute Gasteiger partial charge is 0.308 e. The zero-order valence-corrected chi connectivity index (χ0v) is 11.5. The van der Waals surface area contributed by atoms with E-state index < -0.39 is 0 Å². The first kappa shape index (κ1) is 15.4. The molecule has 0 spiro atoms. The normalized spacial score (nSPS) is 16.8. The summed E-state index contributed by atoms with van der Waals surface area (Å²) >= 11 is 0. The Kier molecular flexibility index (Phi) is 7.36. The van der Waals surface area contributed by atoms with Crippen molar-refractivity contribution in [1.29, 1.82) is 5.26 Å². The summed E-state index contributed by atoms with van der Waals surface area (Å²) in [5.41, 5.74) is -0.328. The van der Waals surface area contributed by atoms with Gasteiger partial charge in [0.15, 0.2) is 0 Å². The minimum Gasteiger partial charge on any atom is -0.308 e. The number of nitrogens with zero attached hydrogens (tertiary/aromatic N) is 2. The van der Waals surface area contributed by atoms with Crippen molar-refractivity contribution in [1.82, 2.24) is 10.2 Å². The molecule has 0 aliphatic heterocycles. The van der Waals surface area contributed by atoms with Gasteiger partial charge >= 0.3 is 0 Å². The van der Waals surface area contributed by atoms with Gasteiger partial charge < -0.3 is 4.90 Å². The molecule has 0 heterocycles. The van der Waals surface area contributed by atoms with Crippen LogP contribution >= 0.6 is 0 Å². The van der Waals surface area contributed by atoms with Gasteiger partial charge in [-0.25, -0.2) is 0 Å². The monoisotopic (exact) mass is 225 g/mol. The van der Waals surface area contributed by atoms with Gasteiger partial charge in [0.05, 0.1) is 6.07 Å². The third-order valence-electron chi connectivity index (χ3n) is 3.23. The lowest BCUT2D eigenvalue weighted by molar-refractivity contribution is 0.295. The molecular weight excluding hydrogens is 198 g/mol. The molecule has 0 rings (SSSR count).